The predicted octanol–water partition coefficient (Wildman–Crippen LogP) is 3.79. The third-order valence-corrected chi connectivity index (χ3v) is 7.80. The van der Waals surface area contributed by atoms with E-state index in [0.29, 0.717) is 18.8 Å². The number of benzene rings is 2. The van der Waals surface area contributed by atoms with Crippen LogP contribution in [0.4, 0.5) is 11.4 Å². The molecule has 160 valence electrons. The van der Waals surface area contributed by atoms with Crippen LogP contribution in [-0.2, 0) is 27.7 Å². The molecule has 2 N–H and O–H groups in total. The van der Waals surface area contributed by atoms with Crippen molar-refractivity contribution in [1.29, 1.82) is 0 Å². The van der Waals surface area contributed by atoms with E-state index in [1.807, 2.05) is 12.1 Å². The number of nitrogens with one attached hydrogen (secondary N) is 2. The van der Waals surface area contributed by atoms with Crippen molar-refractivity contribution < 1.29 is 13.2 Å². The molecule has 0 atom stereocenters. The van der Waals surface area contributed by atoms with E-state index in [4.69, 9.17) is 0 Å². The summed E-state index contributed by atoms with van der Waals surface area (Å²) in [6, 6.07) is 12.7. The van der Waals surface area contributed by atoms with Crippen molar-refractivity contribution in [2.24, 2.45) is 0 Å². The molecular formula is C23H29N3O3S. The molecule has 1 aliphatic carbocycles. The van der Waals surface area contributed by atoms with Crippen LogP contribution in [0.2, 0.25) is 0 Å². The first-order valence-corrected chi connectivity index (χ1v) is 12.2. The van der Waals surface area contributed by atoms with Crippen molar-refractivity contribution in [1.82, 2.24) is 4.31 Å². The van der Waals surface area contributed by atoms with E-state index in [9.17, 15) is 13.2 Å². The van der Waals surface area contributed by atoms with Crippen molar-refractivity contribution in [3.63, 3.8) is 0 Å². The number of amides is 1. The summed E-state index contributed by atoms with van der Waals surface area (Å²) in [4.78, 5) is 12.7. The van der Waals surface area contributed by atoms with Crippen LogP contribution in [0.5, 0.6) is 0 Å². The predicted molar refractivity (Wildman–Crippen MR) is 119 cm³/mol. The van der Waals surface area contributed by atoms with Gasteiger partial charge in [-0.25, -0.2) is 8.42 Å². The molecule has 7 heteroatoms. The first kappa shape index (κ1) is 20.9. The zero-order valence-electron chi connectivity index (χ0n) is 17.2. The van der Waals surface area contributed by atoms with E-state index in [0.717, 1.165) is 37.8 Å². The minimum Gasteiger partial charge on any atom is -0.376 e. The lowest BCUT2D eigenvalue weighted by Gasteiger charge is -2.26. The van der Waals surface area contributed by atoms with Gasteiger partial charge < -0.3 is 10.6 Å². The molecule has 1 amide bonds. The molecule has 2 aromatic carbocycles. The Balaban J connectivity index is 1.40. The number of carbonyl (C=O) groups is 1. The second kappa shape index (κ2) is 9.18. The van der Waals surface area contributed by atoms with Crippen LogP contribution in [-0.4, -0.2) is 38.3 Å². The molecule has 0 unspecified atom stereocenters. The summed E-state index contributed by atoms with van der Waals surface area (Å²) >= 11 is 0. The number of sulfonamides is 1. The topological polar surface area (TPSA) is 78.5 Å². The molecule has 0 spiro atoms. The lowest BCUT2D eigenvalue weighted by molar-refractivity contribution is -0.114. The average molecular weight is 428 g/mol. The summed E-state index contributed by atoms with van der Waals surface area (Å²) in [6.45, 7) is 1.26. The maximum absolute atomic E-state index is 12.9. The fourth-order valence-corrected chi connectivity index (χ4v) is 5.88. The number of nitrogens with zero attached hydrogens (tertiary/aromatic N) is 1. The van der Waals surface area contributed by atoms with Crippen LogP contribution in [0, 0.1) is 0 Å². The van der Waals surface area contributed by atoms with Crippen LogP contribution >= 0.6 is 0 Å². The number of carbonyl (C=O) groups excluding carboxylic acids is 1. The molecule has 1 heterocycles. The highest BCUT2D eigenvalue weighted by Crippen LogP contribution is 2.28. The summed E-state index contributed by atoms with van der Waals surface area (Å²) in [7, 11) is -3.52. The van der Waals surface area contributed by atoms with Crippen LogP contribution < -0.4 is 10.6 Å². The highest BCUT2D eigenvalue weighted by atomic mass is 32.2. The highest BCUT2D eigenvalue weighted by Gasteiger charge is 2.26. The first-order chi connectivity index (χ1) is 14.5. The zero-order chi connectivity index (χ0) is 21.0. The Hall–Kier alpha value is -2.38. The second-order valence-electron chi connectivity index (χ2n) is 8.04. The number of aryl methyl sites for hydroxylation is 1. The largest absolute Gasteiger partial charge is 0.376 e. The molecule has 0 saturated carbocycles. The fraction of sp³-hybridized carbons (Fsp3) is 0.435. The standard InChI is InChI=1S/C23H29N3O3S/c27-23(17-24-22-13-6-9-18-8-2-3-12-21(18)22)25-19-10-7-11-20(16-19)30(28,29)26-14-4-1-5-15-26/h6-7,9-11,13,16,24H,1-5,8,12,14-15,17H2,(H,25,27). The molecule has 30 heavy (non-hydrogen) atoms. The van der Waals surface area contributed by atoms with Gasteiger partial charge in [0.25, 0.3) is 0 Å². The molecule has 6 nitrogen and oxygen atoms in total. The highest BCUT2D eigenvalue weighted by molar-refractivity contribution is 7.89. The van der Waals surface area contributed by atoms with Crippen molar-refractivity contribution >= 4 is 27.3 Å². The van der Waals surface area contributed by atoms with Crippen LogP contribution in [0.15, 0.2) is 47.4 Å². The van der Waals surface area contributed by atoms with Crippen LogP contribution in [0.3, 0.4) is 0 Å². The van der Waals surface area contributed by atoms with Crippen LogP contribution in [0.1, 0.15) is 43.2 Å². The van der Waals surface area contributed by atoms with Gasteiger partial charge in [0.15, 0.2) is 0 Å². The van der Waals surface area contributed by atoms with E-state index in [2.05, 4.69) is 16.7 Å². The molecule has 0 aromatic heterocycles. The quantitative estimate of drug-likeness (QED) is 0.735. The molecule has 1 aliphatic heterocycles. The Kier molecular flexibility index (Phi) is 6.39. The minimum absolute atomic E-state index is 0.138. The molecule has 1 fully saturated rings. The van der Waals surface area contributed by atoms with E-state index in [1.165, 1.54) is 28.3 Å². The third kappa shape index (κ3) is 4.68. The molecule has 4 rings (SSSR count). The average Bonchev–Trinajstić information content (AvgIpc) is 2.78. The van der Waals surface area contributed by atoms with Gasteiger partial charge in [-0.05, 0) is 73.9 Å². The molecule has 1 saturated heterocycles. The fourth-order valence-electron chi connectivity index (χ4n) is 4.32. The van der Waals surface area contributed by atoms with E-state index >= 15 is 0 Å². The molecule has 0 bridgehead atoms. The number of rotatable bonds is 6. The Morgan fingerprint density at radius 3 is 2.53 bits per heavy atom. The van der Waals surface area contributed by atoms with Gasteiger partial charge in [-0.15, -0.1) is 0 Å². The summed E-state index contributed by atoms with van der Waals surface area (Å²) < 4.78 is 27.3. The van der Waals surface area contributed by atoms with Gasteiger partial charge in [0.2, 0.25) is 15.9 Å². The summed E-state index contributed by atoms with van der Waals surface area (Å²) in [5.41, 5.74) is 4.19. The van der Waals surface area contributed by atoms with Crippen LogP contribution in [0.25, 0.3) is 0 Å². The monoisotopic (exact) mass is 427 g/mol. The SMILES string of the molecule is O=C(CNc1cccc2c1CCCC2)Nc1cccc(S(=O)(=O)N2CCCCC2)c1. The Morgan fingerprint density at radius 2 is 1.70 bits per heavy atom. The zero-order valence-corrected chi connectivity index (χ0v) is 18.0. The lowest BCUT2D eigenvalue weighted by atomic mass is 9.90. The normalized spacial score (nSPS) is 17.2. The van der Waals surface area contributed by atoms with E-state index < -0.39 is 10.0 Å². The van der Waals surface area contributed by atoms with E-state index in [1.54, 1.807) is 24.3 Å². The first-order valence-electron chi connectivity index (χ1n) is 10.8. The number of hydrogen-bond donors (Lipinski definition) is 2. The van der Waals surface area contributed by atoms with E-state index in [-0.39, 0.29) is 17.3 Å². The maximum Gasteiger partial charge on any atom is 0.243 e. The number of hydrogen-bond acceptors (Lipinski definition) is 4. The van der Waals surface area contributed by atoms with Gasteiger partial charge in [-0.2, -0.15) is 4.31 Å². The van der Waals surface area contributed by atoms with Gasteiger partial charge in [0, 0.05) is 24.5 Å². The number of piperidine rings is 1. The van der Waals surface area contributed by atoms with Crippen molar-refractivity contribution in [3.8, 4) is 0 Å². The maximum atomic E-state index is 12.9. The van der Waals surface area contributed by atoms with Crippen molar-refractivity contribution in [2.75, 3.05) is 30.3 Å². The molecule has 0 radical (unpaired) electrons. The van der Waals surface area contributed by atoms with Gasteiger partial charge in [-0.3, -0.25) is 4.79 Å². The number of anilines is 2. The lowest BCUT2D eigenvalue weighted by Crippen LogP contribution is -2.35. The molecule has 2 aromatic rings. The Labute approximate surface area is 178 Å². The van der Waals surface area contributed by atoms with Gasteiger partial charge in [-0.1, -0.05) is 24.6 Å². The summed E-state index contributed by atoms with van der Waals surface area (Å²) in [6.07, 6.45) is 7.38. The number of fused-ring (bicyclic) bond motifs is 1. The van der Waals surface area contributed by atoms with Crippen molar-refractivity contribution in [3.05, 3.63) is 53.6 Å². The van der Waals surface area contributed by atoms with Crippen molar-refractivity contribution in [2.45, 2.75) is 49.8 Å². The van der Waals surface area contributed by atoms with Gasteiger partial charge in [0.1, 0.15) is 0 Å². The molecular weight excluding hydrogens is 398 g/mol. The Bertz CT molecular complexity index is 1010. The smallest absolute Gasteiger partial charge is 0.243 e. The van der Waals surface area contributed by atoms with Gasteiger partial charge in [0.05, 0.1) is 11.4 Å². The van der Waals surface area contributed by atoms with Gasteiger partial charge >= 0.3 is 0 Å². The third-order valence-electron chi connectivity index (χ3n) is 5.91. The molecule has 2 aliphatic rings. The Morgan fingerprint density at radius 1 is 0.933 bits per heavy atom. The second-order valence-corrected chi connectivity index (χ2v) is 9.98. The summed E-state index contributed by atoms with van der Waals surface area (Å²) in [5, 5.41) is 6.07. The minimum atomic E-state index is -3.52. The summed E-state index contributed by atoms with van der Waals surface area (Å²) in [5.74, 6) is -0.198.